The molecule has 1 aliphatic heterocycles. The van der Waals surface area contributed by atoms with E-state index in [-0.39, 0.29) is 23.8 Å². The van der Waals surface area contributed by atoms with Crippen molar-refractivity contribution in [1.29, 1.82) is 0 Å². The highest BCUT2D eigenvalue weighted by Crippen LogP contribution is 2.16. The van der Waals surface area contributed by atoms with Crippen LogP contribution in [0.15, 0.2) is 30.9 Å². The Kier molecular flexibility index (Phi) is 3.67. The third kappa shape index (κ3) is 3.10. The number of halogens is 1. The van der Waals surface area contributed by atoms with Gasteiger partial charge in [-0.25, -0.2) is 24.3 Å². The lowest BCUT2D eigenvalue weighted by Gasteiger charge is -2.15. The van der Waals surface area contributed by atoms with Gasteiger partial charge in [0.15, 0.2) is 5.82 Å². The summed E-state index contributed by atoms with van der Waals surface area (Å²) in [5.74, 6) is -0.593. The molecule has 0 unspecified atom stereocenters. The average molecular weight is 289 g/mol. The van der Waals surface area contributed by atoms with Crippen LogP contribution >= 0.6 is 0 Å². The normalized spacial score (nSPS) is 17.8. The minimum absolute atomic E-state index is 0.103. The third-order valence-electron chi connectivity index (χ3n) is 3.06. The molecule has 0 bridgehead atoms. The predicted molar refractivity (Wildman–Crippen MR) is 69.0 cm³/mol. The Labute approximate surface area is 119 Å². The van der Waals surface area contributed by atoms with Gasteiger partial charge in [0.2, 0.25) is 5.82 Å². The van der Waals surface area contributed by atoms with Gasteiger partial charge in [-0.2, -0.15) is 0 Å². The number of ether oxygens (including phenoxy) is 1. The smallest absolute Gasteiger partial charge is 0.316 e. The van der Waals surface area contributed by atoms with E-state index in [0.29, 0.717) is 19.5 Å². The molecule has 3 heterocycles. The van der Waals surface area contributed by atoms with Crippen LogP contribution in [0.2, 0.25) is 0 Å². The highest BCUT2D eigenvalue weighted by atomic mass is 19.1. The van der Waals surface area contributed by atoms with Gasteiger partial charge in [0.05, 0.1) is 18.9 Å². The zero-order valence-corrected chi connectivity index (χ0v) is 11.0. The zero-order valence-electron chi connectivity index (χ0n) is 11.0. The molecule has 108 valence electrons. The number of aromatic nitrogens is 4. The van der Waals surface area contributed by atoms with Crippen molar-refractivity contribution in [3.05, 3.63) is 42.5 Å². The largest absolute Gasteiger partial charge is 0.458 e. The van der Waals surface area contributed by atoms with E-state index in [1.54, 1.807) is 11.0 Å². The van der Waals surface area contributed by atoms with Crippen molar-refractivity contribution in [3.8, 4) is 6.01 Å². The van der Waals surface area contributed by atoms with Crippen molar-refractivity contribution in [3.63, 3.8) is 0 Å². The molecule has 7 nitrogen and oxygen atoms in total. The molecule has 1 fully saturated rings. The summed E-state index contributed by atoms with van der Waals surface area (Å²) in [6.45, 7) is 0.945. The van der Waals surface area contributed by atoms with Gasteiger partial charge in [0.25, 0.3) is 5.91 Å². The quantitative estimate of drug-likeness (QED) is 0.827. The van der Waals surface area contributed by atoms with Crippen LogP contribution in [0.4, 0.5) is 4.39 Å². The molecule has 0 radical (unpaired) electrons. The summed E-state index contributed by atoms with van der Waals surface area (Å²) >= 11 is 0. The summed E-state index contributed by atoms with van der Waals surface area (Å²) in [5, 5.41) is 0. The Balaban J connectivity index is 1.60. The van der Waals surface area contributed by atoms with E-state index in [9.17, 15) is 9.18 Å². The Hall–Kier alpha value is -2.64. The molecule has 1 atom stereocenters. The molecule has 0 aliphatic carbocycles. The van der Waals surface area contributed by atoms with Gasteiger partial charge in [-0.1, -0.05) is 0 Å². The van der Waals surface area contributed by atoms with Crippen LogP contribution in [0.25, 0.3) is 0 Å². The number of nitrogens with zero attached hydrogens (tertiary/aromatic N) is 5. The summed E-state index contributed by atoms with van der Waals surface area (Å²) < 4.78 is 18.2. The molecule has 1 saturated heterocycles. The SMILES string of the molecule is O=C(c1ncccn1)N1CC[C@@H](Oc2ncc(F)cn2)C1. The molecule has 8 heteroatoms. The second-order valence-corrected chi connectivity index (χ2v) is 4.54. The van der Waals surface area contributed by atoms with E-state index in [1.807, 2.05) is 0 Å². The molecule has 0 saturated carbocycles. The molecule has 0 N–H and O–H groups in total. The molecular weight excluding hydrogens is 277 g/mol. The third-order valence-corrected chi connectivity index (χ3v) is 3.06. The minimum Gasteiger partial charge on any atom is -0.458 e. The van der Waals surface area contributed by atoms with Gasteiger partial charge in [-0.15, -0.1) is 0 Å². The van der Waals surface area contributed by atoms with Crippen molar-refractivity contribution in [2.75, 3.05) is 13.1 Å². The van der Waals surface area contributed by atoms with Crippen LogP contribution in [-0.2, 0) is 0 Å². The highest BCUT2D eigenvalue weighted by molar-refractivity contribution is 5.90. The van der Waals surface area contributed by atoms with E-state index >= 15 is 0 Å². The van der Waals surface area contributed by atoms with Crippen molar-refractivity contribution >= 4 is 5.91 Å². The highest BCUT2D eigenvalue weighted by Gasteiger charge is 2.29. The fourth-order valence-corrected chi connectivity index (χ4v) is 2.07. The van der Waals surface area contributed by atoms with Crippen LogP contribution in [0.3, 0.4) is 0 Å². The minimum atomic E-state index is -0.521. The van der Waals surface area contributed by atoms with Crippen LogP contribution in [0.5, 0.6) is 6.01 Å². The number of carbonyl (C=O) groups is 1. The summed E-state index contributed by atoms with van der Waals surface area (Å²) in [6, 6.07) is 1.75. The maximum atomic E-state index is 12.7. The Morgan fingerprint density at radius 3 is 2.67 bits per heavy atom. The molecule has 1 amide bonds. The second kappa shape index (κ2) is 5.78. The van der Waals surface area contributed by atoms with Crippen LogP contribution in [-0.4, -0.2) is 49.9 Å². The lowest BCUT2D eigenvalue weighted by molar-refractivity contribution is 0.0757. The number of likely N-dealkylation sites (tertiary alicyclic amines) is 1. The average Bonchev–Trinajstić information content (AvgIpc) is 2.98. The van der Waals surface area contributed by atoms with Gasteiger partial charge < -0.3 is 9.64 Å². The van der Waals surface area contributed by atoms with Crippen molar-refractivity contribution in [2.45, 2.75) is 12.5 Å². The van der Waals surface area contributed by atoms with Gasteiger partial charge in [0.1, 0.15) is 6.10 Å². The maximum absolute atomic E-state index is 12.7. The van der Waals surface area contributed by atoms with Crippen molar-refractivity contribution in [1.82, 2.24) is 24.8 Å². The monoisotopic (exact) mass is 289 g/mol. The first-order valence-corrected chi connectivity index (χ1v) is 6.43. The van der Waals surface area contributed by atoms with Crippen LogP contribution < -0.4 is 4.74 Å². The van der Waals surface area contributed by atoms with E-state index in [2.05, 4.69) is 19.9 Å². The molecular formula is C13H12FN5O2. The Morgan fingerprint density at radius 1 is 1.24 bits per heavy atom. The van der Waals surface area contributed by atoms with E-state index in [1.165, 1.54) is 12.4 Å². The van der Waals surface area contributed by atoms with Gasteiger partial charge in [-0.3, -0.25) is 4.79 Å². The first-order valence-electron chi connectivity index (χ1n) is 6.43. The van der Waals surface area contributed by atoms with Crippen molar-refractivity contribution < 1.29 is 13.9 Å². The second-order valence-electron chi connectivity index (χ2n) is 4.54. The fraction of sp³-hybridized carbons (Fsp3) is 0.308. The number of hydrogen-bond acceptors (Lipinski definition) is 6. The number of amides is 1. The van der Waals surface area contributed by atoms with E-state index in [4.69, 9.17) is 4.74 Å². The molecule has 0 spiro atoms. The molecule has 0 aromatic carbocycles. The van der Waals surface area contributed by atoms with Gasteiger partial charge >= 0.3 is 6.01 Å². The summed E-state index contributed by atoms with van der Waals surface area (Å²) in [5.41, 5.74) is 0. The summed E-state index contributed by atoms with van der Waals surface area (Å²) in [7, 11) is 0. The standard InChI is InChI=1S/C13H12FN5O2/c14-9-6-17-13(18-7-9)21-10-2-5-19(8-10)12(20)11-15-3-1-4-16-11/h1,3-4,6-7,10H,2,5,8H2/t10-/m1/s1. The van der Waals surface area contributed by atoms with Gasteiger partial charge in [-0.05, 0) is 6.07 Å². The lowest BCUT2D eigenvalue weighted by atomic mass is 10.3. The van der Waals surface area contributed by atoms with E-state index in [0.717, 1.165) is 12.4 Å². The first kappa shape index (κ1) is 13.3. The molecule has 21 heavy (non-hydrogen) atoms. The molecule has 2 aromatic rings. The van der Waals surface area contributed by atoms with Crippen LogP contribution in [0, 0.1) is 5.82 Å². The van der Waals surface area contributed by atoms with Crippen LogP contribution in [0.1, 0.15) is 17.0 Å². The number of hydrogen-bond donors (Lipinski definition) is 0. The maximum Gasteiger partial charge on any atom is 0.316 e. The first-order chi connectivity index (χ1) is 10.2. The topological polar surface area (TPSA) is 81.1 Å². The predicted octanol–water partition coefficient (Wildman–Crippen LogP) is 0.699. The molecule has 3 rings (SSSR count). The zero-order chi connectivity index (χ0) is 14.7. The molecule has 2 aromatic heterocycles. The Bertz CT molecular complexity index is 622. The molecule has 1 aliphatic rings. The Morgan fingerprint density at radius 2 is 1.95 bits per heavy atom. The fourth-order valence-electron chi connectivity index (χ4n) is 2.07. The van der Waals surface area contributed by atoms with Gasteiger partial charge in [0, 0.05) is 25.4 Å². The number of carbonyl (C=O) groups excluding carboxylic acids is 1. The lowest BCUT2D eigenvalue weighted by Crippen LogP contribution is -2.32. The number of rotatable bonds is 3. The van der Waals surface area contributed by atoms with Crippen molar-refractivity contribution in [2.24, 2.45) is 0 Å². The van der Waals surface area contributed by atoms with E-state index < -0.39 is 5.82 Å². The summed E-state index contributed by atoms with van der Waals surface area (Å²) in [6.07, 6.45) is 5.56. The summed E-state index contributed by atoms with van der Waals surface area (Å²) in [4.78, 5) is 29.1.